The zero-order valence-corrected chi connectivity index (χ0v) is 10.7. The molecule has 0 amide bonds. The Hall–Kier alpha value is -2.69. The van der Waals surface area contributed by atoms with Crippen molar-refractivity contribution in [3.8, 4) is 0 Å². The van der Waals surface area contributed by atoms with E-state index in [0.29, 0.717) is 30.6 Å². The summed E-state index contributed by atoms with van der Waals surface area (Å²) in [7, 11) is 0. The first-order valence-corrected chi connectivity index (χ1v) is 6.45. The average molecular weight is 264 g/mol. The largest absolute Gasteiger partial charge is 0.474 e. The molecule has 20 heavy (non-hydrogen) atoms. The first-order chi connectivity index (χ1) is 9.83. The van der Waals surface area contributed by atoms with Crippen LogP contribution in [0.4, 0.5) is 5.82 Å². The van der Waals surface area contributed by atoms with Gasteiger partial charge in [0.15, 0.2) is 11.5 Å². The number of nitrogens with zero attached hydrogens (tertiary/aromatic N) is 3. The van der Waals surface area contributed by atoms with Gasteiger partial charge in [0.2, 0.25) is 5.90 Å². The molecule has 0 aliphatic carbocycles. The molecule has 0 spiro atoms. The van der Waals surface area contributed by atoms with E-state index in [1.807, 2.05) is 30.3 Å². The molecular formula is C15H12N4O. The summed E-state index contributed by atoms with van der Waals surface area (Å²) < 4.78 is 5.45. The smallest absolute Gasteiger partial charge is 0.239 e. The molecule has 0 atom stereocenters. The Morgan fingerprint density at radius 1 is 1.05 bits per heavy atom. The van der Waals surface area contributed by atoms with Crippen LogP contribution >= 0.6 is 0 Å². The fourth-order valence-electron chi connectivity index (χ4n) is 2.44. The molecule has 1 aromatic heterocycles. The number of nitrogens with two attached hydrogens (primary N) is 1. The minimum Gasteiger partial charge on any atom is -0.474 e. The Bertz CT molecular complexity index is 857. The first-order valence-electron chi connectivity index (χ1n) is 6.45. The molecule has 0 radical (unpaired) electrons. The number of aromatic nitrogens is 2. The highest BCUT2D eigenvalue weighted by Crippen LogP contribution is 2.25. The molecule has 5 heteroatoms. The van der Waals surface area contributed by atoms with Crippen LogP contribution < -0.4 is 5.73 Å². The molecule has 3 aromatic rings. The van der Waals surface area contributed by atoms with Gasteiger partial charge in [-0.2, -0.15) is 0 Å². The minimum absolute atomic E-state index is 0.355. The van der Waals surface area contributed by atoms with Crippen LogP contribution in [-0.2, 0) is 4.74 Å². The molecule has 5 nitrogen and oxygen atoms in total. The van der Waals surface area contributed by atoms with E-state index in [4.69, 9.17) is 10.5 Å². The van der Waals surface area contributed by atoms with E-state index in [1.54, 1.807) is 0 Å². The van der Waals surface area contributed by atoms with Crippen LogP contribution in [0.5, 0.6) is 0 Å². The first kappa shape index (κ1) is 11.2. The van der Waals surface area contributed by atoms with Crippen molar-refractivity contribution in [2.45, 2.75) is 0 Å². The van der Waals surface area contributed by atoms with Crippen molar-refractivity contribution in [3.63, 3.8) is 0 Å². The predicted molar refractivity (Wildman–Crippen MR) is 78.8 cm³/mol. The maximum Gasteiger partial charge on any atom is 0.239 e. The second-order valence-electron chi connectivity index (χ2n) is 4.65. The number of fused-ring (bicyclic) bond motifs is 3. The highest BCUT2D eigenvalue weighted by Gasteiger charge is 2.18. The lowest BCUT2D eigenvalue weighted by atomic mass is 10.1. The molecule has 2 N–H and O–H groups in total. The Labute approximate surface area is 115 Å². The molecule has 98 valence electrons. The number of hydrogen-bond donors (Lipinski definition) is 1. The molecule has 0 unspecified atom stereocenters. The van der Waals surface area contributed by atoms with E-state index in [-0.39, 0.29) is 0 Å². The van der Waals surface area contributed by atoms with Gasteiger partial charge in [-0.3, -0.25) is 0 Å². The minimum atomic E-state index is 0.355. The molecule has 1 aliphatic rings. The molecule has 0 saturated carbocycles. The fourth-order valence-corrected chi connectivity index (χ4v) is 2.44. The number of aliphatic imine (C=N–C) groups is 1. The van der Waals surface area contributed by atoms with Crippen LogP contribution in [-0.4, -0.2) is 29.0 Å². The normalized spacial score (nSPS) is 14.5. The van der Waals surface area contributed by atoms with Crippen molar-refractivity contribution in [2.24, 2.45) is 4.99 Å². The van der Waals surface area contributed by atoms with E-state index in [0.717, 1.165) is 21.8 Å². The highest BCUT2D eigenvalue weighted by atomic mass is 16.5. The lowest BCUT2D eigenvalue weighted by Gasteiger charge is -2.08. The molecule has 2 aromatic carbocycles. The van der Waals surface area contributed by atoms with Crippen molar-refractivity contribution in [3.05, 3.63) is 42.1 Å². The summed E-state index contributed by atoms with van der Waals surface area (Å²) in [6, 6.07) is 12.0. The maximum atomic E-state index is 5.98. The third-order valence-corrected chi connectivity index (χ3v) is 3.37. The second-order valence-corrected chi connectivity index (χ2v) is 4.65. The van der Waals surface area contributed by atoms with Crippen molar-refractivity contribution in [1.29, 1.82) is 0 Å². The van der Waals surface area contributed by atoms with Gasteiger partial charge in [-0.25, -0.2) is 15.0 Å². The lowest BCUT2D eigenvalue weighted by molar-refractivity contribution is 0.347. The molecule has 0 bridgehead atoms. The van der Waals surface area contributed by atoms with Gasteiger partial charge in [0.1, 0.15) is 6.61 Å². The fraction of sp³-hybridized carbons (Fsp3) is 0.133. The van der Waals surface area contributed by atoms with Crippen LogP contribution in [0.2, 0.25) is 0 Å². The summed E-state index contributed by atoms with van der Waals surface area (Å²) in [5.74, 6) is 0.846. The number of hydrogen-bond acceptors (Lipinski definition) is 5. The van der Waals surface area contributed by atoms with E-state index >= 15 is 0 Å². The van der Waals surface area contributed by atoms with Gasteiger partial charge >= 0.3 is 0 Å². The highest BCUT2D eigenvalue weighted by molar-refractivity contribution is 6.06. The predicted octanol–water partition coefficient (Wildman–Crippen LogP) is 2.14. The average Bonchev–Trinajstić information content (AvgIpc) is 3.00. The second kappa shape index (κ2) is 4.16. The summed E-state index contributed by atoms with van der Waals surface area (Å²) in [5, 5.41) is 2.18. The van der Waals surface area contributed by atoms with Crippen molar-refractivity contribution >= 4 is 33.5 Å². The van der Waals surface area contributed by atoms with E-state index < -0.39 is 0 Å². The van der Waals surface area contributed by atoms with Crippen LogP contribution in [0, 0.1) is 0 Å². The van der Waals surface area contributed by atoms with Crippen molar-refractivity contribution in [2.75, 3.05) is 18.9 Å². The summed E-state index contributed by atoms with van der Waals surface area (Å²) in [4.78, 5) is 13.3. The Morgan fingerprint density at radius 2 is 1.95 bits per heavy atom. The molecule has 2 heterocycles. The number of benzene rings is 2. The molecule has 1 aliphatic heterocycles. The molecular weight excluding hydrogens is 252 g/mol. The van der Waals surface area contributed by atoms with Crippen molar-refractivity contribution in [1.82, 2.24) is 9.97 Å². The third kappa shape index (κ3) is 1.60. The summed E-state index contributed by atoms with van der Waals surface area (Å²) in [6.07, 6.45) is 0. The third-order valence-electron chi connectivity index (χ3n) is 3.37. The summed E-state index contributed by atoms with van der Waals surface area (Å²) in [6.45, 7) is 1.22. The molecule has 0 saturated heterocycles. The Balaban J connectivity index is 2.07. The number of anilines is 1. The van der Waals surface area contributed by atoms with Crippen molar-refractivity contribution < 1.29 is 4.74 Å². The van der Waals surface area contributed by atoms with Crippen LogP contribution in [0.1, 0.15) is 5.69 Å². The van der Waals surface area contributed by atoms with Gasteiger partial charge in [0, 0.05) is 5.39 Å². The van der Waals surface area contributed by atoms with Gasteiger partial charge < -0.3 is 10.5 Å². The lowest BCUT2D eigenvalue weighted by Crippen LogP contribution is -2.10. The van der Waals surface area contributed by atoms with Gasteiger partial charge in [0.25, 0.3) is 0 Å². The monoisotopic (exact) mass is 264 g/mol. The van der Waals surface area contributed by atoms with Gasteiger partial charge in [-0.05, 0) is 11.5 Å². The van der Waals surface area contributed by atoms with Crippen LogP contribution in [0.15, 0.2) is 41.4 Å². The molecule has 4 rings (SSSR count). The summed E-state index contributed by atoms with van der Waals surface area (Å²) in [5.41, 5.74) is 8.12. The Kier molecular flexibility index (Phi) is 2.32. The quantitative estimate of drug-likeness (QED) is 0.683. The maximum absolute atomic E-state index is 5.98. The van der Waals surface area contributed by atoms with Gasteiger partial charge in [0.05, 0.1) is 17.6 Å². The Morgan fingerprint density at radius 3 is 2.80 bits per heavy atom. The summed E-state index contributed by atoms with van der Waals surface area (Å²) >= 11 is 0. The van der Waals surface area contributed by atoms with Crippen LogP contribution in [0.25, 0.3) is 21.8 Å². The standard InChI is InChI=1S/C15H12N4O/c16-14-13(15-17-7-8-20-15)19-12-10-4-2-1-3-9(10)5-6-11(12)18-14/h1-6H,7-8H2,(H2,16,18). The molecule has 0 fully saturated rings. The number of nitrogen functional groups attached to an aromatic ring is 1. The number of rotatable bonds is 1. The van der Waals surface area contributed by atoms with E-state index in [2.05, 4.69) is 21.0 Å². The van der Waals surface area contributed by atoms with E-state index in [9.17, 15) is 0 Å². The number of ether oxygens (including phenoxy) is 1. The van der Waals surface area contributed by atoms with Gasteiger partial charge in [-0.1, -0.05) is 30.3 Å². The topological polar surface area (TPSA) is 73.4 Å². The zero-order valence-electron chi connectivity index (χ0n) is 10.7. The van der Waals surface area contributed by atoms with Crippen LogP contribution in [0.3, 0.4) is 0 Å². The SMILES string of the molecule is Nc1nc2ccc3ccccc3c2nc1C1=NCCO1. The van der Waals surface area contributed by atoms with Gasteiger partial charge in [-0.15, -0.1) is 0 Å². The van der Waals surface area contributed by atoms with E-state index in [1.165, 1.54) is 0 Å². The zero-order chi connectivity index (χ0) is 13.5.